The Labute approximate surface area is 79.9 Å². The Morgan fingerprint density at radius 3 is 2.46 bits per heavy atom. The van der Waals surface area contributed by atoms with Gasteiger partial charge in [0.25, 0.3) is 0 Å². The highest BCUT2D eigenvalue weighted by molar-refractivity contribution is 5.15. The Morgan fingerprint density at radius 2 is 1.92 bits per heavy atom. The van der Waals surface area contributed by atoms with Gasteiger partial charge in [-0.05, 0) is 39.2 Å². The van der Waals surface area contributed by atoms with E-state index in [0.29, 0.717) is 0 Å². The fourth-order valence-corrected chi connectivity index (χ4v) is 2.13. The Bertz CT molecular complexity index is 222. The molecule has 0 aromatic carbocycles. The molecule has 2 nitrogen and oxygen atoms in total. The number of hydrogen-bond acceptors (Lipinski definition) is 2. The van der Waals surface area contributed by atoms with Crippen molar-refractivity contribution in [3.8, 4) is 0 Å². The van der Waals surface area contributed by atoms with Gasteiger partial charge in [-0.25, -0.2) is 0 Å². The molecule has 1 saturated heterocycles. The first-order valence-electron chi connectivity index (χ1n) is 5.17. The molecule has 1 heterocycles. The van der Waals surface area contributed by atoms with Gasteiger partial charge in [0, 0.05) is 6.42 Å². The number of rotatable bonds is 0. The fourth-order valence-electron chi connectivity index (χ4n) is 2.13. The molecule has 0 bridgehead atoms. The summed E-state index contributed by atoms with van der Waals surface area (Å²) in [6.45, 7) is 6.28. The second kappa shape index (κ2) is 3.10. The summed E-state index contributed by atoms with van der Waals surface area (Å²) in [7, 11) is 0. The second-order valence-corrected chi connectivity index (χ2v) is 4.18. The summed E-state index contributed by atoms with van der Waals surface area (Å²) in [6, 6.07) is 0. The van der Waals surface area contributed by atoms with Crippen molar-refractivity contribution >= 4 is 0 Å². The van der Waals surface area contributed by atoms with E-state index in [-0.39, 0.29) is 18.0 Å². The average Bonchev–Trinajstić information content (AvgIpc) is 2.36. The van der Waals surface area contributed by atoms with E-state index in [9.17, 15) is 0 Å². The van der Waals surface area contributed by atoms with Crippen molar-refractivity contribution in [1.29, 1.82) is 0 Å². The maximum absolute atomic E-state index is 5.92. The van der Waals surface area contributed by atoms with E-state index in [4.69, 9.17) is 9.47 Å². The zero-order valence-electron chi connectivity index (χ0n) is 8.67. The van der Waals surface area contributed by atoms with Crippen LogP contribution in [-0.2, 0) is 9.47 Å². The third-order valence-corrected chi connectivity index (χ3v) is 3.17. The van der Waals surface area contributed by atoms with Crippen LogP contribution in [0.5, 0.6) is 0 Å². The molecule has 74 valence electrons. The van der Waals surface area contributed by atoms with E-state index in [2.05, 4.69) is 26.8 Å². The standard InChI is InChI=1S/C11H18O2/c1-8-6-4-5-7-11(8)12-9(2)10(3)13-11/h6,9-10H,4-5,7H2,1-3H3/t9-,10-/m1/s1. The van der Waals surface area contributed by atoms with Gasteiger partial charge in [0.2, 0.25) is 0 Å². The van der Waals surface area contributed by atoms with Gasteiger partial charge in [0.1, 0.15) is 0 Å². The van der Waals surface area contributed by atoms with Gasteiger partial charge >= 0.3 is 0 Å². The van der Waals surface area contributed by atoms with Crippen molar-refractivity contribution in [2.75, 3.05) is 0 Å². The van der Waals surface area contributed by atoms with Crippen molar-refractivity contribution in [2.24, 2.45) is 0 Å². The van der Waals surface area contributed by atoms with Gasteiger partial charge < -0.3 is 9.47 Å². The average molecular weight is 182 g/mol. The third-order valence-electron chi connectivity index (χ3n) is 3.17. The molecule has 0 N–H and O–H groups in total. The molecule has 1 spiro atoms. The molecule has 1 fully saturated rings. The van der Waals surface area contributed by atoms with E-state index >= 15 is 0 Å². The van der Waals surface area contributed by atoms with Crippen molar-refractivity contribution < 1.29 is 9.47 Å². The summed E-state index contributed by atoms with van der Waals surface area (Å²) in [5.74, 6) is -0.364. The summed E-state index contributed by atoms with van der Waals surface area (Å²) in [5.41, 5.74) is 1.26. The fraction of sp³-hybridized carbons (Fsp3) is 0.818. The lowest BCUT2D eigenvalue weighted by molar-refractivity contribution is -0.151. The van der Waals surface area contributed by atoms with Crippen LogP contribution < -0.4 is 0 Å². The van der Waals surface area contributed by atoms with E-state index in [1.54, 1.807) is 0 Å². The lowest BCUT2D eigenvalue weighted by Crippen LogP contribution is -2.34. The first-order valence-corrected chi connectivity index (χ1v) is 5.17. The van der Waals surface area contributed by atoms with Crippen LogP contribution in [0.2, 0.25) is 0 Å². The topological polar surface area (TPSA) is 18.5 Å². The summed E-state index contributed by atoms with van der Waals surface area (Å²) in [6.07, 6.45) is 6.06. The van der Waals surface area contributed by atoms with Gasteiger partial charge in [0.05, 0.1) is 12.2 Å². The summed E-state index contributed by atoms with van der Waals surface area (Å²) in [4.78, 5) is 0. The molecule has 2 rings (SSSR count). The van der Waals surface area contributed by atoms with Crippen LogP contribution in [0.15, 0.2) is 11.6 Å². The summed E-state index contributed by atoms with van der Waals surface area (Å²) < 4.78 is 11.8. The maximum Gasteiger partial charge on any atom is 0.191 e. The van der Waals surface area contributed by atoms with Crippen molar-refractivity contribution in [3.05, 3.63) is 11.6 Å². The first-order chi connectivity index (χ1) is 6.14. The molecule has 2 atom stereocenters. The minimum atomic E-state index is -0.364. The molecular weight excluding hydrogens is 164 g/mol. The van der Waals surface area contributed by atoms with Crippen LogP contribution >= 0.6 is 0 Å². The van der Waals surface area contributed by atoms with Crippen LogP contribution in [0.25, 0.3) is 0 Å². The van der Waals surface area contributed by atoms with Gasteiger partial charge in [0.15, 0.2) is 5.79 Å². The van der Waals surface area contributed by atoms with Crippen molar-refractivity contribution in [1.82, 2.24) is 0 Å². The van der Waals surface area contributed by atoms with Crippen LogP contribution in [0.3, 0.4) is 0 Å². The van der Waals surface area contributed by atoms with Gasteiger partial charge in [-0.1, -0.05) is 6.08 Å². The van der Waals surface area contributed by atoms with Crippen LogP contribution in [0.1, 0.15) is 40.0 Å². The molecule has 13 heavy (non-hydrogen) atoms. The lowest BCUT2D eigenvalue weighted by atomic mass is 9.94. The Morgan fingerprint density at radius 1 is 1.31 bits per heavy atom. The molecule has 2 aliphatic rings. The highest BCUT2D eigenvalue weighted by atomic mass is 16.8. The third kappa shape index (κ3) is 1.42. The van der Waals surface area contributed by atoms with Crippen molar-refractivity contribution in [2.45, 2.75) is 58.0 Å². The number of ether oxygens (including phenoxy) is 2. The molecule has 0 aromatic rings. The molecule has 0 amide bonds. The van der Waals surface area contributed by atoms with Gasteiger partial charge in [-0.3, -0.25) is 0 Å². The number of hydrogen-bond donors (Lipinski definition) is 0. The predicted molar refractivity (Wildman–Crippen MR) is 51.4 cm³/mol. The molecule has 0 saturated carbocycles. The molecular formula is C11H18O2. The Balaban J connectivity index is 2.21. The molecule has 2 heteroatoms. The van der Waals surface area contributed by atoms with Crippen LogP contribution in [-0.4, -0.2) is 18.0 Å². The van der Waals surface area contributed by atoms with Gasteiger partial charge in [-0.15, -0.1) is 0 Å². The van der Waals surface area contributed by atoms with E-state index in [1.165, 1.54) is 18.4 Å². The minimum Gasteiger partial charge on any atom is -0.340 e. The molecule has 1 aliphatic carbocycles. The first kappa shape index (κ1) is 9.22. The zero-order valence-corrected chi connectivity index (χ0v) is 8.67. The van der Waals surface area contributed by atoms with Crippen LogP contribution in [0, 0.1) is 0 Å². The highest BCUT2D eigenvalue weighted by Gasteiger charge is 2.45. The summed E-state index contributed by atoms with van der Waals surface area (Å²) in [5, 5.41) is 0. The lowest BCUT2D eigenvalue weighted by Gasteiger charge is -2.32. The largest absolute Gasteiger partial charge is 0.340 e. The predicted octanol–water partition coefficient (Wildman–Crippen LogP) is 2.64. The molecule has 0 radical (unpaired) electrons. The van der Waals surface area contributed by atoms with Crippen molar-refractivity contribution in [3.63, 3.8) is 0 Å². The molecule has 0 unspecified atom stereocenters. The molecule has 1 aliphatic heterocycles. The van der Waals surface area contributed by atoms with E-state index in [0.717, 1.165) is 6.42 Å². The minimum absolute atomic E-state index is 0.224. The van der Waals surface area contributed by atoms with E-state index < -0.39 is 0 Å². The smallest absolute Gasteiger partial charge is 0.191 e. The molecule has 0 aromatic heterocycles. The monoisotopic (exact) mass is 182 g/mol. The highest BCUT2D eigenvalue weighted by Crippen LogP contribution is 2.40. The SMILES string of the molecule is CC1=CCCCC12O[C@H](C)[C@@H](C)O2. The van der Waals surface area contributed by atoms with Crippen LogP contribution in [0.4, 0.5) is 0 Å². The quantitative estimate of drug-likeness (QED) is 0.536. The van der Waals surface area contributed by atoms with E-state index in [1.807, 2.05) is 0 Å². The Kier molecular flexibility index (Phi) is 2.20. The number of allylic oxidation sites excluding steroid dienone is 1. The van der Waals surface area contributed by atoms with Gasteiger partial charge in [-0.2, -0.15) is 0 Å². The normalized spacial score (nSPS) is 37.9. The zero-order chi connectivity index (χ0) is 9.47. The second-order valence-electron chi connectivity index (χ2n) is 4.18. The Hall–Kier alpha value is -0.340. The summed E-state index contributed by atoms with van der Waals surface area (Å²) >= 11 is 0. The maximum atomic E-state index is 5.92.